The van der Waals surface area contributed by atoms with Crippen LogP contribution < -0.4 is 0 Å². The summed E-state index contributed by atoms with van der Waals surface area (Å²) < 4.78 is 5.32. The van der Waals surface area contributed by atoms with Gasteiger partial charge in [-0.2, -0.15) is 0 Å². The van der Waals surface area contributed by atoms with Gasteiger partial charge in [-0.15, -0.1) is 0 Å². The first-order valence-electron chi connectivity index (χ1n) is 4.89. The SMILES string of the molecule is O=[N+]([O-])c1cc[nH]c1C1C[C@H](O)[C@@H](CO)O1. The first kappa shape index (κ1) is 11.1. The summed E-state index contributed by atoms with van der Waals surface area (Å²) in [6.07, 6.45) is -0.337. The smallest absolute Gasteiger partial charge is 0.292 e. The minimum absolute atomic E-state index is 0.0595. The average Bonchev–Trinajstić information content (AvgIpc) is 2.82. The van der Waals surface area contributed by atoms with Crippen LogP contribution in [-0.4, -0.2) is 38.9 Å². The van der Waals surface area contributed by atoms with E-state index in [1.54, 1.807) is 0 Å². The largest absolute Gasteiger partial charge is 0.394 e. The zero-order chi connectivity index (χ0) is 11.7. The summed E-state index contributed by atoms with van der Waals surface area (Å²) in [5.41, 5.74) is 0.274. The molecule has 0 aliphatic carbocycles. The maximum atomic E-state index is 10.7. The van der Waals surface area contributed by atoms with Gasteiger partial charge in [-0.05, 0) is 0 Å². The topological polar surface area (TPSA) is 109 Å². The summed E-state index contributed by atoms with van der Waals surface area (Å²) >= 11 is 0. The zero-order valence-electron chi connectivity index (χ0n) is 8.37. The summed E-state index contributed by atoms with van der Waals surface area (Å²) in [5.74, 6) is 0. The molecule has 1 aromatic rings. The first-order chi connectivity index (χ1) is 7.63. The Labute approximate surface area is 90.8 Å². The molecule has 16 heavy (non-hydrogen) atoms. The number of nitrogens with one attached hydrogen (secondary N) is 1. The van der Waals surface area contributed by atoms with Gasteiger partial charge in [-0.1, -0.05) is 0 Å². The summed E-state index contributed by atoms with van der Waals surface area (Å²) in [6, 6.07) is 1.34. The van der Waals surface area contributed by atoms with E-state index >= 15 is 0 Å². The minimum atomic E-state index is -0.794. The highest BCUT2D eigenvalue weighted by Gasteiger charge is 2.37. The molecule has 3 N–H and O–H groups in total. The van der Waals surface area contributed by atoms with Crippen LogP contribution in [0.5, 0.6) is 0 Å². The van der Waals surface area contributed by atoms with Gasteiger partial charge in [0.2, 0.25) is 0 Å². The summed E-state index contributed by atoms with van der Waals surface area (Å²) in [4.78, 5) is 12.9. The normalized spacial score (nSPS) is 29.5. The van der Waals surface area contributed by atoms with Crippen LogP contribution in [0.1, 0.15) is 18.2 Å². The maximum absolute atomic E-state index is 10.7. The number of H-pyrrole nitrogens is 1. The third kappa shape index (κ3) is 1.80. The molecule has 7 heteroatoms. The van der Waals surface area contributed by atoms with E-state index in [-0.39, 0.29) is 18.7 Å². The molecule has 1 unspecified atom stereocenters. The number of aliphatic hydroxyl groups is 2. The van der Waals surface area contributed by atoms with E-state index in [1.807, 2.05) is 0 Å². The average molecular weight is 228 g/mol. The number of aliphatic hydroxyl groups excluding tert-OH is 2. The van der Waals surface area contributed by atoms with Crippen LogP contribution in [0.4, 0.5) is 5.69 Å². The summed E-state index contributed by atoms with van der Waals surface area (Å²) in [6.45, 7) is -0.299. The summed E-state index contributed by atoms with van der Waals surface area (Å²) in [5, 5.41) is 29.1. The number of nitro groups is 1. The molecule has 3 atom stereocenters. The van der Waals surface area contributed by atoms with Crippen LogP contribution in [-0.2, 0) is 4.74 Å². The van der Waals surface area contributed by atoms with Crippen LogP contribution in [0.3, 0.4) is 0 Å². The molecular formula is C9H12N2O5. The molecular weight excluding hydrogens is 216 g/mol. The van der Waals surface area contributed by atoms with E-state index in [0.29, 0.717) is 5.69 Å². The third-order valence-corrected chi connectivity index (χ3v) is 2.68. The van der Waals surface area contributed by atoms with Gasteiger partial charge in [-0.3, -0.25) is 10.1 Å². The van der Waals surface area contributed by atoms with Crippen molar-refractivity contribution < 1.29 is 19.9 Å². The zero-order valence-corrected chi connectivity index (χ0v) is 8.37. The van der Waals surface area contributed by atoms with Crippen LogP contribution in [0.15, 0.2) is 12.3 Å². The molecule has 0 amide bonds. The van der Waals surface area contributed by atoms with Crippen molar-refractivity contribution in [3.63, 3.8) is 0 Å². The molecule has 0 spiro atoms. The highest BCUT2D eigenvalue weighted by molar-refractivity contribution is 5.37. The Morgan fingerprint density at radius 2 is 2.44 bits per heavy atom. The number of rotatable bonds is 3. The van der Waals surface area contributed by atoms with Crippen molar-refractivity contribution in [1.29, 1.82) is 0 Å². The van der Waals surface area contributed by atoms with Crippen molar-refractivity contribution in [3.8, 4) is 0 Å². The van der Waals surface area contributed by atoms with Gasteiger partial charge in [0.05, 0.1) is 17.6 Å². The second-order valence-electron chi connectivity index (χ2n) is 3.68. The highest BCUT2D eigenvalue weighted by Crippen LogP contribution is 2.36. The lowest BCUT2D eigenvalue weighted by molar-refractivity contribution is -0.386. The first-order valence-corrected chi connectivity index (χ1v) is 4.89. The van der Waals surface area contributed by atoms with Crippen LogP contribution in [0, 0.1) is 10.1 Å². The third-order valence-electron chi connectivity index (χ3n) is 2.68. The van der Waals surface area contributed by atoms with Crippen molar-refractivity contribution >= 4 is 5.69 Å². The maximum Gasteiger partial charge on any atom is 0.292 e. The minimum Gasteiger partial charge on any atom is -0.394 e. The van der Waals surface area contributed by atoms with Crippen molar-refractivity contribution in [3.05, 3.63) is 28.1 Å². The fourth-order valence-corrected chi connectivity index (χ4v) is 1.87. The lowest BCUT2D eigenvalue weighted by Gasteiger charge is -2.10. The number of hydrogen-bond donors (Lipinski definition) is 3. The molecule has 1 aromatic heterocycles. The van der Waals surface area contributed by atoms with Gasteiger partial charge in [0.15, 0.2) is 0 Å². The van der Waals surface area contributed by atoms with Crippen LogP contribution >= 0.6 is 0 Å². The number of aromatic nitrogens is 1. The van der Waals surface area contributed by atoms with E-state index in [9.17, 15) is 15.2 Å². The predicted octanol–water partition coefficient (Wildman–Crippen LogP) is 0.106. The second-order valence-corrected chi connectivity index (χ2v) is 3.68. The Kier molecular flexibility index (Phi) is 2.90. The fraction of sp³-hybridized carbons (Fsp3) is 0.556. The Bertz CT molecular complexity index is 391. The van der Waals surface area contributed by atoms with Gasteiger partial charge in [-0.25, -0.2) is 0 Å². The molecule has 0 aromatic carbocycles. The van der Waals surface area contributed by atoms with Gasteiger partial charge in [0.1, 0.15) is 17.9 Å². The predicted molar refractivity (Wildman–Crippen MR) is 52.8 cm³/mol. The molecule has 2 rings (SSSR count). The van der Waals surface area contributed by atoms with Crippen LogP contribution in [0.25, 0.3) is 0 Å². The van der Waals surface area contributed by atoms with Gasteiger partial charge < -0.3 is 19.9 Å². The van der Waals surface area contributed by atoms with Crippen molar-refractivity contribution in [2.24, 2.45) is 0 Å². The lowest BCUT2D eigenvalue weighted by atomic mass is 10.1. The van der Waals surface area contributed by atoms with E-state index in [4.69, 9.17) is 9.84 Å². The number of aromatic amines is 1. The molecule has 1 aliphatic heterocycles. The van der Waals surface area contributed by atoms with Crippen molar-refractivity contribution in [2.45, 2.75) is 24.7 Å². The molecule has 88 valence electrons. The van der Waals surface area contributed by atoms with Crippen molar-refractivity contribution in [1.82, 2.24) is 4.98 Å². The molecule has 1 aliphatic rings. The standard InChI is InChI=1S/C9H12N2O5/c12-4-8-6(13)3-7(16-8)9-5(11(14)15)1-2-10-9/h1-2,6-8,10,12-13H,3-4H2/t6-,7?,8+/m0/s1. The Morgan fingerprint density at radius 3 is 3.00 bits per heavy atom. The van der Waals surface area contributed by atoms with Gasteiger partial charge >= 0.3 is 0 Å². The molecule has 2 heterocycles. The molecule has 1 saturated heterocycles. The second kappa shape index (κ2) is 4.20. The van der Waals surface area contributed by atoms with E-state index in [2.05, 4.69) is 4.98 Å². The van der Waals surface area contributed by atoms with Gasteiger partial charge in [0.25, 0.3) is 5.69 Å². The quantitative estimate of drug-likeness (QED) is 0.502. The Balaban J connectivity index is 2.20. The molecule has 0 bridgehead atoms. The monoisotopic (exact) mass is 228 g/mol. The van der Waals surface area contributed by atoms with E-state index in [0.717, 1.165) is 0 Å². The van der Waals surface area contributed by atoms with E-state index < -0.39 is 23.2 Å². The summed E-state index contributed by atoms with van der Waals surface area (Å²) in [7, 11) is 0. The van der Waals surface area contributed by atoms with Gasteiger partial charge in [0, 0.05) is 18.7 Å². The van der Waals surface area contributed by atoms with Crippen LogP contribution in [0.2, 0.25) is 0 Å². The molecule has 1 fully saturated rings. The number of hydrogen-bond acceptors (Lipinski definition) is 5. The molecule has 0 saturated carbocycles. The fourth-order valence-electron chi connectivity index (χ4n) is 1.87. The number of ether oxygens (including phenoxy) is 1. The van der Waals surface area contributed by atoms with Crippen molar-refractivity contribution in [2.75, 3.05) is 6.61 Å². The Hall–Kier alpha value is -1.44. The molecule has 7 nitrogen and oxygen atoms in total. The number of nitrogens with zero attached hydrogens (tertiary/aromatic N) is 1. The highest BCUT2D eigenvalue weighted by atomic mass is 16.6. The molecule has 0 radical (unpaired) electrons. The lowest BCUT2D eigenvalue weighted by Crippen LogP contribution is -2.24. The Morgan fingerprint density at radius 1 is 1.69 bits per heavy atom. The van der Waals surface area contributed by atoms with E-state index in [1.165, 1.54) is 12.3 Å².